The highest BCUT2D eigenvalue weighted by molar-refractivity contribution is 7.92. The Morgan fingerprint density at radius 2 is 1.66 bits per heavy atom. The van der Waals surface area contributed by atoms with Crippen molar-refractivity contribution in [1.82, 2.24) is 20.3 Å². The SMILES string of the molecule is O=S(=O)(c1ccc(-c2ccc(-c3nc4nc(O[C@H]5CO[C@H](CO)[C@@H](O)C5)[nH]c4cc3Cl)cc2)cc1)C1CCNCC1. The fourth-order valence-corrected chi connectivity index (χ4v) is 7.37. The third-order valence-corrected chi connectivity index (χ3v) is 10.3. The molecule has 0 radical (unpaired) electrons. The number of imidazole rings is 1. The van der Waals surface area contributed by atoms with Gasteiger partial charge in [0.1, 0.15) is 12.2 Å². The van der Waals surface area contributed by atoms with Crippen molar-refractivity contribution in [1.29, 1.82) is 0 Å². The molecule has 216 valence electrons. The predicted molar refractivity (Wildman–Crippen MR) is 155 cm³/mol. The summed E-state index contributed by atoms with van der Waals surface area (Å²) in [5.41, 5.74) is 4.25. The van der Waals surface area contributed by atoms with Gasteiger partial charge in [-0.25, -0.2) is 13.4 Å². The number of H-pyrrole nitrogens is 1. The van der Waals surface area contributed by atoms with Crippen LogP contribution in [0.2, 0.25) is 5.02 Å². The van der Waals surface area contributed by atoms with E-state index in [1.165, 1.54) is 0 Å². The Hall–Kier alpha value is -3.06. The quantitative estimate of drug-likeness (QED) is 0.251. The predicted octanol–water partition coefficient (Wildman–Crippen LogP) is 3.36. The third-order valence-electron chi connectivity index (χ3n) is 7.69. The number of ether oxygens (including phenoxy) is 2. The molecule has 4 aromatic rings. The molecule has 10 nitrogen and oxygen atoms in total. The molecule has 0 amide bonds. The average molecular weight is 599 g/mol. The number of rotatable bonds is 7. The first-order valence-corrected chi connectivity index (χ1v) is 15.5. The van der Waals surface area contributed by atoms with Crippen LogP contribution < -0.4 is 10.1 Å². The summed E-state index contributed by atoms with van der Waals surface area (Å²) in [5.74, 6) is 0. The van der Waals surface area contributed by atoms with E-state index in [1.807, 2.05) is 36.4 Å². The molecule has 3 atom stereocenters. The van der Waals surface area contributed by atoms with Crippen LogP contribution >= 0.6 is 11.6 Å². The van der Waals surface area contributed by atoms with Gasteiger partial charge in [0.05, 0.1) is 45.7 Å². The zero-order valence-electron chi connectivity index (χ0n) is 22.2. The Balaban J connectivity index is 1.17. The van der Waals surface area contributed by atoms with Crippen molar-refractivity contribution in [3.63, 3.8) is 0 Å². The second-order valence-corrected chi connectivity index (χ2v) is 13.1. The van der Waals surface area contributed by atoms with Crippen LogP contribution in [0.15, 0.2) is 59.5 Å². The van der Waals surface area contributed by atoms with E-state index in [4.69, 9.17) is 21.1 Å². The van der Waals surface area contributed by atoms with Crippen LogP contribution in [0.3, 0.4) is 0 Å². The molecule has 2 fully saturated rings. The average Bonchev–Trinajstić information content (AvgIpc) is 3.38. The molecule has 0 unspecified atom stereocenters. The van der Waals surface area contributed by atoms with Crippen molar-refractivity contribution in [2.45, 2.75) is 47.7 Å². The van der Waals surface area contributed by atoms with Crippen LogP contribution in [0, 0.1) is 0 Å². The summed E-state index contributed by atoms with van der Waals surface area (Å²) >= 11 is 6.58. The van der Waals surface area contributed by atoms with E-state index in [0.717, 1.165) is 29.8 Å². The molecule has 2 aromatic heterocycles. The maximum atomic E-state index is 13.0. The summed E-state index contributed by atoms with van der Waals surface area (Å²) in [4.78, 5) is 12.5. The van der Waals surface area contributed by atoms with Crippen LogP contribution in [0.25, 0.3) is 33.5 Å². The lowest BCUT2D eigenvalue weighted by atomic mass is 10.0. The van der Waals surface area contributed by atoms with Gasteiger partial charge in [0, 0.05) is 12.0 Å². The molecule has 4 heterocycles. The Labute approximate surface area is 242 Å². The zero-order valence-corrected chi connectivity index (χ0v) is 23.7. The van der Waals surface area contributed by atoms with Gasteiger partial charge in [0.25, 0.3) is 6.01 Å². The fraction of sp³-hybridized carbons (Fsp3) is 0.379. The van der Waals surface area contributed by atoms with Crippen molar-refractivity contribution in [3.05, 3.63) is 59.6 Å². The van der Waals surface area contributed by atoms with Gasteiger partial charge >= 0.3 is 0 Å². The van der Waals surface area contributed by atoms with E-state index < -0.39 is 28.1 Å². The first kappa shape index (κ1) is 28.1. The van der Waals surface area contributed by atoms with E-state index in [-0.39, 0.29) is 24.5 Å². The molecule has 2 aliphatic rings. The standard InChI is InChI=1S/C29H31ClN4O6S/c30-23-14-24-28(34-29(32-24)40-20-13-25(36)26(15-35)39-16-20)33-27(23)19-3-1-17(2-4-19)18-5-7-21(8-6-18)41(37,38)22-9-11-31-12-10-22/h1-8,14,20,22,25-26,31,35-36H,9-13,15-16H2,(H,32,33,34)/t20-,25+,26-/m1/s1. The van der Waals surface area contributed by atoms with Crippen molar-refractivity contribution in [2.24, 2.45) is 0 Å². The molecule has 41 heavy (non-hydrogen) atoms. The zero-order chi connectivity index (χ0) is 28.6. The number of aromatic nitrogens is 3. The third kappa shape index (κ3) is 5.83. The summed E-state index contributed by atoms with van der Waals surface area (Å²) < 4.78 is 37.3. The van der Waals surface area contributed by atoms with E-state index in [9.17, 15) is 18.6 Å². The van der Waals surface area contributed by atoms with E-state index in [1.54, 1.807) is 18.2 Å². The van der Waals surface area contributed by atoms with Gasteiger partial charge in [0.2, 0.25) is 0 Å². The molecule has 4 N–H and O–H groups in total. The van der Waals surface area contributed by atoms with E-state index in [0.29, 0.717) is 46.0 Å². The van der Waals surface area contributed by atoms with Gasteiger partial charge in [-0.05, 0) is 55.3 Å². The Morgan fingerprint density at radius 3 is 2.32 bits per heavy atom. The molecular formula is C29H31ClN4O6S. The number of aliphatic hydroxyl groups excluding tert-OH is 2. The summed E-state index contributed by atoms with van der Waals surface area (Å²) in [7, 11) is -3.35. The normalized spacial score (nSPS) is 22.2. The highest BCUT2D eigenvalue weighted by Gasteiger charge is 2.31. The van der Waals surface area contributed by atoms with Gasteiger partial charge in [-0.2, -0.15) is 4.98 Å². The number of pyridine rings is 1. The number of hydrogen-bond donors (Lipinski definition) is 4. The summed E-state index contributed by atoms with van der Waals surface area (Å²) in [6, 6.07) is 16.8. The maximum absolute atomic E-state index is 13.0. The molecule has 12 heteroatoms. The minimum atomic E-state index is -3.35. The lowest BCUT2D eigenvalue weighted by Gasteiger charge is -2.31. The van der Waals surface area contributed by atoms with Crippen LogP contribution in [0.1, 0.15) is 19.3 Å². The summed E-state index contributed by atoms with van der Waals surface area (Å²) in [5, 5.41) is 22.6. The number of hydrogen-bond acceptors (Lipinski definition) is 9. The van der Waals surface area contributed by atoms with E-state index >= 15 is 0 Å². The molecule has 0 saturated carbocycles. The number of nitrogens with zero attached hydrogens (tertiary/aromatic N) is 2. The molecule has 0 bridgehead atoms. The van der Waals surface area contributed by atoms with Crippen molar-refractivity contribution >= 4 is 32.6 Å². The lowest BCUT2D eigenvalue weighted by molar-refractivity contribution is -0.131. The van der Waals surface area contributed by atoms with E-state index in [2.05, 4.69) is 20.3 Å². The smallest absolute Gasteiger partial charge is 0.296 e. The number of aromatic amines is 1. The fourth-order valence-electron chi connectivity index (χ4n) is 5.36. The summed E-state index contributed by atoms with van der Waals surface area (Å²) in [6.07, 6.45) is -0.284. The number of nitrogens with one attached hydrogen (secondary N) is 2. The van der Waals surface area contributed by atoms with Crippen LogP contribution in [-0.4, -0.2) is 83.4 Å². The number of piperidine rings is 1. The molecule has 2 aliphatic heterocycles. The topological polar surface area (TPSA) is 147 Å². The first-order chi connectivity index (χ1) is 19.8. The largest absolute Gasteiger partial charge is 0.459 e. The molecule has 0 spiro atoms. The Kier molecular flexibility index (Phi) is 7.99. The number of fused-ring (bicyclic) bond motifs is 1. The number of halogens is 1. The molecule has 0 aliphatic carbocycles. The van der Waals surface area contributed by atoms with Crippen molar-refractivity contribution < 1.29 is 28.1 Å². The number of benzene rings is 2. The molecule has 2 aromatic carbocycles. The maximum Gasteiger partial charge on any atom is 0.296 e. The van der Waals surface area contributed by atoms with Crippen LogP contribution in [0.4, 0.5) is 0 Å². The lowest BCUT2D eigenvalue weighted by Crippen LogP contribution is -2.45. The molecular weight excluding hydrogens is 568 g/mol. The van der Waals surface area contributed by atoms with Gasteiger partial charge in [-0.3, -0.25) is 0 Å². The second-order valence-electron chi connectivity index (χ2n) is 10.4. The Bertz CT molecular complexity index is 1620. The first-order valence-electron chi connectivity index (χ1n) is 13.6. The minimum Gasteiger partial charge on any atom is -0.459 e. The minimum absolute atomic E-state index is 0.224. The Morgan fingerprint density at radius 1 is 1.00 bits per heavy atom. The number of sulfone groups is 1. The molecule has 6 rings (SSSR count). The van der Waals surface area contributed by atoms with Crippen LogP contribution in [0.5, 0.6) is 6.01 Å². The van der Waals surface area contributed by atoms with Gasteiger partial charge in [0.15, 0.2) is 15.5 Å². The molecule has 2 saturated heterocycles. The van der Waals surface area contributed by atoms with Crippen LogP contribution in [-0.2, 0) is 14.6 Å². The van der Waals surface area contributed by atoms with Crippen molar-refractivity contribution in [3.8, 4) is 28.4 Å². The highest BCUT2D eigenvalue weighted by Crippen LogP contribution is 2.32. The highest BCUT2D eigenvalue weighted by atomic mass is 35.5. The van der Waals surface area contributed by atoms with Gasteiger partial charge < -0.3 is 30.0 Å². The second kappa shape index (κ2) is 11.7. The summed E-state index contributed by atoms with van der Waals surface area (Å²) in [6.45, 7) is 1.42. The number of aliphatic hydroxyl groups is 2. The van der Waals surface area contributed by atoms with Crippen molar-refractivity contribution in [2.75, 3.05) is 26.3 Å². The van der Waals surface area contributed by atoms with Gasteiger partial charge in [-0.15, -0.1) is 0 Å². The monoisotopic (exact) mass is 598 g/mol. The van der Waals surface area contributed by atoms with Gasteiger partial charge in [-0.1, -0.05) is 48.0 Å².